The number of sulfonamides is 1. The number of piperazine rings is 1. The zero-order chi connectivity index (χ0) is 16.3. The Morgan fingerprint density at radius 2 is 1.83 bits per heavy atom. The van der Waals surface area contributed by atoms with Gasteiger partial charge in [0, 0.05) is 32.2 Å². The number of hydrogen-bond donors (Lipinski definition) is 1. The second-order valence-corrected chi connectivity index (χ2v) is 9.21. The molecule has 0 spiro atoms. The number of carbonyl (C=O) groups is 1. The van der Waals surface area contributed by atoms with Gasteiger partial charge in [-0.3, -0.25) is 4.79 Å². The van der Waals surface area contributed by atoms with Crippen molar-refractivity contribution in [3.05, 3.63) is 0 Å². The maximum Gasteiger partial charge on any atom is 0.236 e. The molecule has 0 aromatic carbocycles. The molecule has 0 aromatic heterocycles. The monoisotopic (exact) mass is 343 g/mol. The summed E-state index contributed by atoms with van der Waals surface area (Å²) in [5.74, 6) is 0.734. The highest BCUT2D eigenvalue weighted by Gasteiger charge is 2.35. The molecule has 1 aliphatic carbocycles. The fourth-order valence-electron chi connectivity index (χ4n) is 4.19. The van der Waals surface area contributed by atoms with Gasteiger partial charge in [-0.05, 0) is 31.6 Å². The molecule has 132 valence electrons. The number of rotatable bonds is 4. The first-order chi connectivity index (χ1) is 11.1. The predicted octanol–water partition coefficient (Wildman–Crippen LogP) is 0.793. The molecule has 0 bridgehead atoms. The van der Waals surface area contributed by atoms with Crippen LogP contribution >= 0.6 is 0 Å². The van der Waals surface area contributed by atoms with Gasteiger partial charge >= 0.3 is 0 Å². The molecule has 0 radical (unpaired) electrons. The van der Waals surface area contributed by atoms with Crippen LogP contribution in [0.5, 0.6) is 0 Å². The standard InChI is InChI=1S/C16H29N3O3S/c20-16-11-17-8-10-19(16)15-7-4-9-18(12-15)23(21,22)13-14-5-2-1-3-6-14/h14-15,17H,1-13H2/t15-/m1/s1. The van der Waals surface area contributed by atoms with Crippen molar-refractivity contribution in [3.63, 3.8) is 0 Å². The topological polar surface area (TPSA) is 69.7 Å². The first-order valence-corrected chi connectivity index (χ1v) is 10.7. The van der Waals surface area contributed by atoms with Crippen LogP contribution in [0, 0.1) is 5.92 Å². The molecular formula is C16H29N3O3S. The second kappa shape index (κ2) is 7.49. The van der Waals surface area contributed by atoms with Crippen LogP contribution < -0.4 is 5.32 Å². The number of piperidine rings is 1. The van der Waals surface area contributed by atoms with Crippen LogP contribution in [0.25, 0.3) is 0 Å². The highest BCUT2D eigenvalue weighted by Crippen LogP contribution is 2.27. The summed E-state index contributed by atoms with van der Waals surface area (Å²) < 4.78 is 27.2. The van der Waals surface area contributed by atoms with Crippen LogP contribution in [0.15, 0.2) is 0 Å². The Kier molecular flexibility index (Phi) is 5.59. The van der Waals surface area contributed by atoms with Gasteiger partial charge in [0.1, 0.15) is 0 Å². The highest BCUT2D eigenvalue weighted by molar-refractivity contribution is 7.89. The minimum atomic E-state index is -3.19. The van der Waals surface area contributed by atoms with E-state index < -0.39 is 10.0 Å². The minimum absolute atomic E-state index is 0.0551. The van der Waals surface area contributed by atoms with E-state index in [1.165, 1.54) is 6.42 Å². The summed E-state index contributed by atoms with van der Waals surface area (Å²) in [5, 5.41) is 3.08. The quantitative estimate of drug-likeness (QED) is 0.819. The van der Waals surface area contributed by atoms with Crippen LogP contribution in [0.1, 0.15) is 44.9 Å². The van der Waals surface area contributed by atoms with E-state index in [0.29, 0.717) is 37.8 Å². The van der Waals surface area contributed by atoms with Crippen LogP contribution in [0.2, 0.25) is 0 Å². The first kappa shape index (κ1) is 17.2. The molecule has 1 amide bonds. The molecule has 6 nitrogen and oxygen atoms in total. The van der Waals surface area contributed by atoms with Gasteiger partial charge in [-0.1, -0.05) is 19.3 Å². The summed E-state index contributed by atoms with van der Waals surface area (Å²) >= 11 is 0. The fraction of sp³-hybridized carbons (Fsp3) is 0.938. The smallest absolute Gasteiger partial charge is 0.236 e. The van der Waals surface area contributed by atoms with Gasteiger partial charge < -0.3 is 10.2 Å². The summed E-state index contributed by atoms with van der Waals surface area (Å²) in [5.41, 5.74) is 0. The van der Waals surface area contributed by atoms with Gasteiger partial charge in [-0.2, -0.15) is 4.31 Å². The molecule has 3 rings (SSSR count). The maximum atomic E-state index is 12.8. The minimum Gasteiger partial charge on any atom is -0.336 e. The Hall–Kier alpha value is -0.660. The van der Waals surface area contributed by atoms with E-state index in [4.69, 9.17) is 0 Å². The van der Waals surface area contributed by atoms with E-state index in [-0.39, 0.29) is 11.9 Å². The number of carbonyl (C=O) groups excluding carboxylic acids is 1. The zero-order valence-electron chi connectivity index (χ0n) is 13.9. The highest BCUT2D eigenvalue weighted by atomic mass is 32.2. The Bertz CT molecular complexity index is 517. The van der Waals surface area contributed by atoms with Gasteiger partial charge in [0.2, 0.25) is 15.9 Å². The fourth-order valence-corrected chi connectivity index (χ4v) is 6.14. The van der Waals surface area contributed by atoms with Gasteiger partial charge in [0.15, 0.2) is 0 Å². The van der Waals surface area contributed by atoms with Gasteiger partial charge in [-0.15, -0.1) is 0 Å². The lowest BCUT2D eigenvalue weighted by Gasteiger charge is -2.41. The average Bonchev–Trinajstić information content (AvgIpc) is 2.56. The lowest BCUT2D eigenvalue weighted by molar-refractivity contribution is -0.135. The number of nitrogens with one attached hydrogen (secondary N) is 1. The average molecular weight is 343 g/mol. The molecular weight excluding hydrogens is 314 g/mol. The van der Waals surface area contributed by atoms with E-state index in [2.05, 4.69) is 5.32 Å². The van der Waals surface area contributed by atoms with Crippen molar-refractivity contribution >= 4 is 15.9 Å². The normalized spacial score (nSPS) is 29.0. The van der Waals surface area contributed by atoms with Crippen molar-refractivity contribution in [2.24, 2.45) is 5.92 Å². The van der Waals surface area contributed by atoms with Gasteiger partial charge in [-0.25, -0.2) is 8.42 Å². The van der Waals surface area contributed by atoms with Crippen LogP contribution in [-0.4, -0.2) is 68.0 Å². The van der Waals surface area contributed by atoms with Gasteiger partial charge in [0.05, 0.1) is 12.3 Å². The number of hydrogen-bond acceptors (Lipinski definition) is 4. The molecule has 2 aliphatic heterocycles. The number of nitrogens with zero attached hydrogens (tertiary/aromatic N) is 2. The summed E-state index contributed by atoms with van der Waals surface area (Å²) in [6.07, 6.45) is 7.44. The summed E-state index contributed by atoms with van der Waals surface area (Å²) in [6, 6.07) is 0.0551. The van der Waals surface area contributed by atoms with Crippen LogP contribution in [0.3, 0.4) is 0 Å². The van der Waals surface area contributed by atoms with Crippen molar-refractivity contribution in [2.75, 3.05) is 38.5 Å². The molecule has 7 heteroatoms. The zero-order valence-corrected chi connectivity index (χ0v) is 14.7. The summed E-state index contributed by atoms with van der Waals surface area (Å²) in [7, 11) is -3.19. The predicted molar refractivity (Wildman–Crippen MR) is 89.5 cm³/mol. The molecule has 3 aliphatic rings. The van der Waals surface area contributed by atoms with Crippen molar-refractivity contribution in [1.29, 1.82) is 0 Å². The van der Waals surface area contributed by atoms with Crippen LogP contribution in [0.4, 0.5) is 0 Å². The van der Waals surface area contributed by atoms with E-state index in [0.717, 1.165) is 45.1 Å². The van der Waals surface area contributed by atoms with Crippen molar-refractivity contribution in [2.45, 2.75) is 51.0 Å². The van der Waals surface area contributed by atoms with E-state index in [9.17, 15) is 13.2 Å². The van der Waals surface area contributed by atoms with Crippen LogP contribution in [-0.2, 0) is 14.8 Å². The first-order valence-electron chi connectivity index (χ1n) is 9.04. The lowest BCUT2D eigenvalue weighted by atomic mass is 9.91. The third kappa shape index (κ3) is 4.25. The van der Waals surface area contributed by atoms with E-state index in [1.807, 2.05) is 4.90 Å². The molecule has 1 atom stereocenters. The summed E-state index contributed by atoms with van der Waals surface area (Å²) in [6.45, 7) is 2.98. The Morgan fingerprint density at radius 1 is 1.04 bits per heavy atom. The molecule has 0 unspecified atom stereocenters. The summed E-state index contributed by atoms with van der Waals surface area (Å²) in [4.78, 5) is 13.9. The van der Waals surface area contributed by atoms with Crippen molar-refractivity contribution in [3.8, 4) is 0 Å². The van der Waals surface area contributed by atoms with E-state index in [1.54, 1.807) is 4.31 Å². The largest absolute Gasteiger partial charge is 0.336 e. The third-order valence-corrected chi connectivity index (χ3v) is 7.50. The molecule has 23 heavy (non-hydrogen) atoms. The van der Waals surface area contributed by atoms with E-state index >= 15 is 0 Å². The molecule has 0 aromatic rings. The Morgan fingerprint density at radius 3 is 2.57 bits per heavy atom. The number of amides is 1. The second-order valence-electron chi connectivity index (χ2n) is 7.20. The maximum absolute atomic E-state index is 12.8. The Labute approximate surface area is 139 Å². The van der Waals surface area contributed by atoms with Crippen molar-refractivity contribution < 1.29 is 13.2 Å². The van der Waals surface area contributed by atoms with Crippen molar-refractivity contribution in [1.82, 2.24) is 14.5 Å². The lowest BCUT2D eigenvalue weighted by Crippen LogP contribution is -2.57. The molecule has 2 heterocycles. The SMILES string of the molecule is O=C1CNCCN1[C@@H]1CCCN(S(=O)(=O)CC2CCCCC2)C1. The van der Waals surface area contributed by atoms with Gasteiger partial charge in [0.25, 0.3) is 0 Å². The molecule has 3 fully saturated rings. The molecule has 1 saturated carbocycles. The Balaban J connectivity index is 1.61. The third-order valence-electron chi connectivity index (χ3n) is 5.49. The molecule has 2 saturated heterocycles. The molecule has 1 N–H and O–H groups in total.